The number of carbonyl (C=O) groups is 1. The van der Waals surface area contributed by atoms with Crippen molar-refractivity contribution < 1.29 is 14.6 Å². The Bertz CT molecular complexity index is 913. The summed E-state index contributed by atoms with van der Waals surface area (Å²) in [5.74, 6) is -0.0178. The summed E-state index contributed by atoms with van der Waals surface area (Å²) in [4.78, 5) is 20.3. The summed E-state index contributed by atoms with van der Waals surface area (Å²) in [6.07, 6.45) is 1.76. The fourth-order valence-corrected chi connectivity index (χ4v) is 4.00. The number of carbonyl (C=O) groups excluding carboxylic acids is 1. The van der Waals surface area contributed by atoms with Crippen molar-refractivity contribution in [1.29, 1.82) is 0 Å². The molecule has 0 atom stereocenters. The van der Waals surface area contributed by atoms with E-state index in [2.05, 4.69) is 4.98 Å². The van der Waals surface area contributed by atoms with Crippen LogP contribution in [0.1, 0.15) is 15.4 Å². The molecule has 1 N–H and O–H groups in total. The molecule has 1 saturated heterocycles. The first kappa shape index (κ1) is 16.5. The van der Waals surface area contributed by atoms with E-state index < -0.39 is 0 Å². The van der Waals surface area contributed by atoms with Crippen LogP contribution < -0.4 is 0 Å². The van der Waals surface area contributed by atoms with Gasteiger partial charge < -0.3 is 14.7 Å². The number of halogens is 1. The van der Waals surface area contributed by atoms with Gasteiger partial charge in [-0.1, -0.05) is 35.1 Å². The van der Waals surface area contributed by atoms with Gasteiger partial charge in [0.1, 0.15) is 4.88 Å². The van der Waals surface area contributed by atoms with Gasteiger partial charge in [-0.3, -0.25) is 9.20 Å². The summed E-state index contributed by atoms with van der Waals surface area (Å²) < 4.78 is 7.08. The molecule has 8 heteroatoms. The topological polar surface area (TPSA) is 67.1 Å². The van der Waals surface area contributed by atoms with Crippen molar-refractivity contribution in [2.45, 2.75) is 6.61 Å². The van der Waals surface area contributed by atoms with Crippen LogP contribution in [0.4, 0.5) is 0 Å². The fraction of sp³-hybridized carbons (Fsp3) is 0.294. The van der Waals surface area contributed by atoms with Gasteiger partial charge in [-0.05, 0) is 12.1 Å². The Morgan fingerprint density at radius 1 is 1.28 bits per heavy atom. The molecule has 0 unspecified atom stereocenters. The highest BCUT2D eigenvalue weighted by Gasteiger charge is 2.23. The second-order valence-corrected chi connectivity index (χ2v) is 7.17. The van der Waals surface area contributed by atoms with Gasteiger partial charge in [-0.2, -0.15) is 0 Å². The van der Waals surface area contributed by atoms with E-state index in [0.717, 1.165) is 5.56 Å². The summed E-state index contributed by atoms with van der Waals surface area (Å²) >= 11 is 7.27. The molecule has 0 radical (unpaired) electrons. The summed E-state index contributed by atoms with van der Waals surface area (Å²) in [5.41, 5.74) is 2.25. The summed E-state index contributed by atoms with van der Waals surface area (Å²) in [6, 6.07) is 7.32. The van der Waals surface area contributed by atoms with Gasteiger partial charge in [0.25, 0.3) is 5.91 Å². The van der Waals surface area contributed by atoms with Crippen LogP contribution in [0, 0.1) is 0 Å². The lowest BCUT2D eigenvalue weighted by molar-refractivity contribution is 0.0306. The van der Waals surface area contributed by atoms with Crippen LogP contribution in [0.15, 0.2) is 30.5 Å². The Labute approximate surface area is 153 Å². The third-order valence-electron chi connectivity index (χ3n) is 4.20. The molecule has 1 amide bonds. The van der Waals surface area contributed by atoms with Gasteiger partial charge in [0.2, 0.25) is 0 Å². The largest absolute Gasteiger partial charge is 0.390 e. The minimum absolute atomic E-state index is 0.0178. The zero-order chi connectivity index (χ0) is 17.4. The van der Waals surface area contributed by atoms with Crippen LogP contribution >= 0.6 is 22.9 Å². The predicted octanol–water partition coefficient (Wildman–Crippen LogP) is 2.68. The van der Waals surface area contributed by atoms with Gasteiger partial charge in [0.05, 0.1) is 31.2 Å². The number of aromatic nitrogens is 2. The number of nitrogens with zero attached hydrogens (tertiary/aromatic N) is 3. The maximum atomic E-state index is 12.6. The number of hydrogen-bond acceptors (Lipinski definition) is 5. The minimum Gasteiger partial charge on any atom is -0.390 e. The van der Waals surface area contributed by atoms with Gasteiger partial charge in [-0.25, -0.2) is 4.98 Å². The molecular formula is C17H16ClN3O3S. The van der Waals surface area contributed by atoms with Crippen LogP contribution in [0.5, 0.6) is 0 Å². The Hall–Kier alpha value is -1.93. The number of benzene rings is 1. The van der Waals surface area contributed by atoms with Crippen LogP contribution in [0.2, 0.25) is 5.02 Å². The zero-order valence-corrected chi connectivity index (χ0v) is 14.9. The van der Waals surface area contributed by atoms with Crippen molar-refractivity contribution in [2.75, 3.05) is 26.3 Å². The molecule has 0 bridgehead atoms. The van der Waals surface area contributed by atoms with Gasteiger partial charge in [0, 0.05) is 29.9 Å². The maximum absolute atomic E-state index is 12.6. The molecule has 25 heavy (non-hydrogen) atoms. The van der Waals surface area contributed by atoms with Gasteiger partial charge in [-0.15, -0.1) is 0 Å². The molecule has 6 nitrogen and oxygen atoms in total. The molecule has 0 spiro atoms. The van der Waals surface area contributed by atoms with E-state index in [9.17, 15) is 9.90 Å². The first-order valence-corrected chi connectivity index (χ1v) is 9.11. The molecule has 1 fully saturated rings. The molecule has 0 aliphatic carbocycles. The van der Waals surface area contributed by atoms with E-state index in [0.29, 0.717) is 52.6 Å². The number of aliphatic hydroxyl groups excluding tert-OH is 1. The third kappa shape index (κ3) is 3.04. The number of amides is 1. The van der Waals surface area contributed by atoms with Gasteiger partial charge in [0.15, 0.2) is 4.96 Å². The Morgan fingerprint density at radius 2 is 2.00 bits per heavy atom. The van der Waals surface area contributed by atoms with Crippen molar-refractivity contribution in [1.82, 2.24) is 14.3 Å². The van der Waals surface area contributed by atoms with Crippen LogP contribution in [-0.4, -0.2) is 51.6 Å². The molecule has 4 rings (SSSR count). The number of imidazole rings is 1. The Balaban J connectivity index is 1.71. The van der Waals surface area contributed by atoms with Crippen LogP contribution in [0.25, 0.3) is 16.2 Å². The number of hydrogen-bond donors (Lipinski definition) is 1. The fourth-order valence-electron chi connectivity index (χ4n) is 2.90. The lowest BCUT2D eigenvalue weighted by Crippen LogP contribution is -2.40. The van der Waals surface area contributed by atoms with Crippen molar-refractivity contribution in [3.63, 3.8) is 0 Å². The first-order chi connectivity index (χ1) is 12.2. The number of ether oxygens (including phenoxy) is 1. The highest BCUT2D eigenvalue weighted by Crippen LogP contribution is 2.30. The molecule has 130 valence electrons. The highest BCUT2D eigenvalue weighted by atomic mass is 35.5. The zero-order valence-electron chi connectivity index (χ0n) is 13.3. The lowest BCUT2D eigenvalue weighted by atomic mass is 10.1. The highest BCUT2D eigenvalue weighted by molar-refractivity contribution is 7.18. The summed E-state index contributed by atoms with van der Waals surface area (Å²) in [7, 11) is 0. The van der Waals surface area contributed by atoms with E-state index >= 15 is 0 Å². The van der Waals surface area contributed by atoms with Crippen molar-refractivity contribution >= 4 is 33.8 Å². The van der Waals surface area contributed by atoms with Crippen molar-refractivity contribution in [3.8, 4) is 11.3 Å². The first-order valence-electron chi connectivity index (χ1n) is 7.92. The van der Waals surface area contributed by atoms with Crippen molar-refractivity contribution in [2.24, 2.45) is 0 Å². The average molecular weight is 378 g/mol. The molecule has 3 aromatic rings. The predicted molar refractivity (Wildman–Crippen MR) is 96.2 cm³/mol. The van der Waals surface area contributed by atoms with Gasteiger partial charge >= 0.3 is 0 Å². The molecule has 0 saturated carbocycles. The summed E-state index contributed by atoms with van der Waals surface area (Å²) in [5, 5.41) is 10.5. The standard InChI is InChI=1S/C17H16ClN3O3S/c18-12-3-1-11(2-4-12)15-13(10-22)21-9-14(25-17(21)19-15)16(23)20-5-7-24-8-6-20/h1-4,9,22H,5-8,10H2. The Kier molecular flexibility index (Phi) is 4.47. The average Bonchev–Trinajstić information content (AvgIpc) is 3.20. The second-order valence-electron chi connectivity index (χ2n) is 5.72. The molecular weight excluding hydrogens is 362 g/mol. The van der Waals surface area contributed by atoms with E-state index in [1.54, 1.807) is 27.6 Å². The van der Waals surface area contributed by atoms with E-state index in [1.807, 2.05) is 12.1 Å². The number of fused-ring (bicyclic) bond motifs is 1. The number of morpholine rings is 1. The summed E-state index contributed by atoms with van der Waals surface area (Å²) in [6.45, 7) is 2.17. The lowest BCUT2D eigenvalue weighted by Gasteiger charge is -2.26. The van der Waals surface area contributed by atoms with Crippen LogP contribution in [0.3, 0.4) is 0 Å². The quantitative estimate of drug-likeness (QED) is 0.762. The van der Waals surface area contributed by atoms with Crippen LogP contribution in [-0.2, 0) is 11.3 Å². The molecule has 1 aromatic carbocycles. The third-order valence-corrected chi connectivity index (χ3v) is 5.42. The van der Waals surface area contributed by atoms with E-state index in [4.69, 9.17) is 16.3 Å². The SMILES string of the molecule is O=C(c1cn2c(CO)c(-c3ccc(Cl)cc3)nc2s1)N1CCOCC1. The van der Waals surface area contributed by atoms with Crippen molar-refractivity contribution in [3.05, 3.63) is 46.1 Å². The Morgan fingerprint density at radius 3 is 2.68 bits per heavy atom. The maximum Gasteiger partial charge on any atom is 0.265 e. The normalized spacial score (nSPS) is 15.0. The molecule has 1 aliphatic rings. The second kappa shape index (κ2) is 6.76. The molecule has 1 aliphatic heterocycles. The number of thiazole rings is 1. The number of aliphatic hydroxyl groups is 1. The number of rotatable bonds is 3. The monoisotopic (exact) mass is 377 g/mol. The van der Waals surface area contributed by atoms with E-state index in [1.165, 1.54) is 11.3 Å². The van der Waals surface area contributed by atoms with E-state index in [-0.39, 0.29) is 12.5 Å². The molecule has 3 heterocycles. The molecule has 2 aromatic heterocycles. The smallest absolute Gasteiger partial charge is 0.265 e. The minimum atomic E-state index is -0.166.